The lowest BCUT2D eigenvalue weighted by molar-refractivity contribution is -0.105. The van der Waals surface area contributed by atoms with Gasteiger partial charge < -0.3 is 0 Å². The Morgan fingerprint density at radius 2 is 2.00 bits per heavy atom. The zero-order valence-electron chi connectivity index (χ0n) is 10.7. The summed E-state index contributed by atoms with van der Waals surface area (Å²) in [5, 5.41) is 11.5. The van der Waals surface area contributed by atoms with E-state index in [9.17, 15) is 9.18 Å². The average Bonchev–Trinajstić information content (AvgIpc) is 2.85. The molecule has 0 spiro atoms. The van der Waals surface area contributed by atoms with Crippen LogP contribution in [-0.2, 0) is 4.79 Å². The third-order valence-corrected chi connectivity index (χ3v) is 3.06. The highest BCUT2D eigenvalue weighted by Crippen LogP contribution is 2.25. The van der Waals surface area contributed by atoms with Gasteiger partial charge in [0.15, 0.2) is 0 Å². The topological polar surface area (TPSA) is 70.7 Å². The Kier molecular flexibility index (Phi) is 3.09. The minimum absolute atomic E-state index is 0.307. The van der Waals surface area contributed by atoms with E-state index < -0.39 is 0 Å². The number of carbonyl (C=O) groups excluding carboxylic acids is 1. The van der Waals surface area contributed by atoms with Crippen molar-refractivity contribution in [3.8, 4) is 11.8 Å². The van der Waals surface area contributed by atoms with E-state index in [1.165, 1.54) is 12.1 Å². The fourth-order valence-corrected chi connectivity index (χ4v) is 2.15. The molecule has 0 radical (unpaired) electrons. The monoisotopic (exact) mass is 280 g/mol. The molecule has 0 saturated heterocycles. The lowest BCUT2D eigenvalue weighted by Crippen LogP contribution is -2.04. The van der Waals surface area contributed by atoms with Gasteiger partial charge in [0.25, 0.3) is 0 Å². The first-order valence-electron chi connectivity index (χ1n) is 6.11. The number of hydrogen-bond donors (Lipinski definition) is 1. The number of rotatable bonds is 3. The van der Waals surface area contributed by atoms with Gasteiger partial charge in [0.05, 0.1) is 22.7 Å². The standard InChI is InChI=1S/C15H9FN4O/c16-11-2-4-12(5-3-11)20-14-7-10(8-17)1-6-13(14)19-15(20)18-9-21/h1-7,9H,(H,18,19,21). The second-order valence-electron chi connectivity index (χ2n) is 4.32. The SMILES string of the molecule is N#Cc1ccc2nc(NC=O)n(-c3ccc(F)cc3)c2c1. The molecular weight excluding hydrogens is 271 g/mol. The van der Waals surface area contributed by atoms with Crippen LogP contribution in [0, 0.1) is 17.1 Å². The van der Waals surface area contributed by atoms with Gasteiger partial charge in [-0.2, -0.15) is 5.26 Å². The highest BCUT2D eigenvalue weighted by molar-refractivity contribution is 5.85. The molecule has 0 aliphatic carbocycles. The molecule has 0 unspecified atom stereocenters. The van der Waals surface area contributed by atoms with Crippen molar-refractivity contribution in [3.05, 3.63) is 53.8 Å². The largest absolute Gasteiger partial charge is 0.298 e. The van der Waals surface area contributed by atoms with Gasteiger partial charge in [0, 0.05) is 5.69 Å². The summed E-state index contributed by atoms with van der Waals surface area (Å²) < 4.78 is 14.7. The van der Waals surface area contributed by atoms with E-state index in [1.807, 2.05) is 0 Å². The quantitative estimate of drug-likeness (QED) is 0.750. The molecule has 5 nitrogen and oxygen atoms in total. The zero-order valence-corrected chi connectivity index (χ0v) is 10.7. The predicted molar refractivity (Wildman–Crippen MR) is 75.4 cm³/mol. The van der Waals surface area contributed by atoms with Crippen molar-refractivity contribution in [3.63, 3.8) is 0 Å². The van der Waals surface area contributed by atoms with E-state index in [2.05, 4.69) is 16.4 Å². The van der Waals surface area contributed by atoms with Gasteiger partial charge in [0.2, 0.25) is 12.4 Å². The molecule has 0 saturated carbocycles. The number of imidazole rings is 1. The molecule has 1 aromatic heterocycles. The number of amides is 1. The molecule has 0 bridgehead atoms. The maximum absolute atomic E-state index is 13.1. The fourth-order valence-electron chi connectivity index (χ4n) is 2.15. The van der Waals surface area contributed by atoms with Crippen LogP contribution in [0.5, 0.6) is 0 Å². The third kappa shape index (κ3) is 2.21. The number of halogens is 1. The van der Waals surface area contributed by atoms with E-state index in [-0.39, 0.29) is 5.82 Å². The van der Waals surface area contributed by atoms with Gasteiger partial charge in [0.1, 0.15) is 5.82 Å². The second kappa shape index (κ2) is 5.06. The summed E-state index contributed by atoms with van der Waals surface area (Å²) in [6.45, 7) is 0. The van der Waals surface area contributed by atoms with Crippen LogP contribution in [0.3, 0.4) is 0 Å². The first-order valence-corrected chi connectivity index (χ1v) is 6.11. The summed E-state index contributed by atoms with van der Waals surface area (Å²) in [6.07, 6.45) is 0.520. The summed E-state index contributed by atoms with van der Waals surface area (Å²) in [5.41, 5.74) is 2.40. The minimum Gasteiger partial charge on any atom is -0.298 e. The zero-order chi connectivity index (χ0) is 14.8. The Bertz CT molecular complexity index is 862. The number of carbonyl (C=O) groups is 1. The van der Waals surface area contributed by atoms with Crippen LogP contribution in [0.4, 0.5) is 10.3 Å². The van der Waals surface area contributed by atoms with Crippen molar-refractivity contribution in [2.75, 3.05) is 5.32 Å². The van der Waals surface area contributed by atoms with Crippen LogP contribution < -0.4 is 5.32 Å². The molecule has 1 heterocycles. The second-order valence-corrected chi connectivity index (χ2v) is 4.32. The Labute approximate surface area is 119 Å². The number of fused-ring (bicyclic) bond motifs is 1. The Morgan fingerprint density at radius 3 is 2.67 bits per heavy atom. The molecule has 0 fully saturated rings. The molecule has 0 aliphatic heterocycles. The molecule has 102 valence electrons. The van der Waals surface area contributed by atoms with Crippen molar-refractivity contribution in [2.24, 2.45) is 0 Å². The lowest BCUT2D eigenvalue weighted by atomic mass is 10.2. The van der Waals surface area contributed by atoms with Crippen LogP contribution in [0.1, 0.15) is 5.56 Å². The fraction of sp³-hybridized carbons (Fsp3) is 0. The van der Waals surface area contributed by atoms with E-state index in [1.54, 1.807) is 34.9 Å². The number of nitrogens with one attached hydrogen (secondary N) is 1. The van der Waals surface area contributed by atoms with E-state index in [0.29, 0.717) is 34.6 Å². The summed E-state index contributed by atoms with van der Waals surface area (Å²) in [6, 6.07) is 12.9. The Hall–Kier alpha value is -3.20. The molecule has 1 N–H and O–H groups in total. The van der Waals surface area contributed by atoms with Gasteiger partial charge in [-0.25, -0.2) is 9.37 Å². The summed E-state index contributed by atoms with van der Waals surface area (Å²) in [4.78, 5) is 15.0. The maximum Gasteiger partial charge on any atom is 0.215 e. The van der Waals surface area contributed by atoms with E-state index in [0.717, 1.165) is 0 Å². The summed E-state index contributed by atoms with van der Waals surface area (Å²) in [5.74, 6) is -0.0486. The predicted octanol–water partition coefficient (Wildman–Crippen LogP) is 2.60. The van der Waals surface area contributed by atoms with E-state index >= 15 is 0 Å². The maximum atomic E-state index is 13.1. The number of nitrogens with zero attached hydrogens (tertiary/aromatic N) is 3. The van der Waals surface area contributed by atoms with Crippen molar-refractivity contribution in [1.29, 1.82) is 5.26 Å². The molecule has 21 heavy (non-hydrogen) atoms. The Morgan fingerprint density at radius 1 is 1.24 bits per heavy atom. The van der Waals surface area contributed by atoms with Crippen LogP contribution in [0.2, 0.25) is 0 Å². The molecule has 0 atom stereocenters. The number of nitriles is 1. The number of anilines is 1. The normalized spacial score (nSPS) is 10.3. The molecule has 3 rings (SSSR count). The van der Waals surface area contributed by atoms with E-state index in [4.69, 9.17) is 5.26 Å². The van der Waals surface area contributed by atoms with Crippen LogP contribution in [0.25, 0.3) is 16.7 Å². The summed E-state index contributed by atoms with van der Waals surface area (Å²) >= 11 is 0. The van der Waals surface area contributed by atoms with Gasteiger partial charge in [-0.1, -0.05) is 0 Å². The first kappa shape index (κ1) is 12.8. The molecular formula is C15H9FN4O. The molecule has 6 heteroatoms. The van der Waals surface area contributed by atoms with Gasteiger partial charge >= 0.3 is 0 Å². The third-order valence-electron chi connectivity index (χ3n) is 3.06. The smallest absolute Gasteiger partial charge is 0.215 e. The van der Waals surface area contributed by atoms with Gasteiger partial charge in [-0.3, -0.25) is 14.7 Å². The molecule has 0 aliphatic rings. The average molecular weight is 280 g/mol. The highest BCUT2D eigenvalue weighted by Gasteiger charge is 2.12. The van der Waals surface area contributed by atoms with Gasteiger partial charge in [-0.15, -0.1) is 0 Å². The lowest BCUT2D eigenvalue weighted by Gasteiger charge is -2.08. The summed E-state index contributed by atoms with van der Waals surface area (Å²) in [7, 11) is 0. The molecule has 1 amide bonds. The van der Waals surface area contributed by atoms with Crippen LogP contribution in [-0.4, -0.2) is 16.0 Å². The molecule has 3 aromatic rings. The van der Waals surface area contributed by atoms with Crippen LogP contribution >= 0.6 is 0 Å². The highest BCUT2D eigenvalue weighted by atomic mass is 19.1. The van der Waals surface area contributed by atoms with Crippen molar-refractivity contribution in [1.82, 2.24) is 9.55 Å². The van der Waals surface area contributed by atoms with Gasteiger partial charge in [-0.05, 0) is 42.5 Å². The van der Waals surface area contributed by atoms with Crippen molar-refractivity contribution >= 4 is 23.4 Å². The number of aromatic nitrogens is 2. The van der Waals surface area contributed by atoms with Crippen LogP contribution in [0.15, 0.2) is 42.5 Å². The van der Waals surface area contributed by atoms with Crippen molar-refractivity contribution in [2.45, 2.75) is 0 Å². The number of hydrogen-bond acceptors (Lipinski definition) is 3. The Balaban J connectivity index is 2.31. The first-order chi connectivity index (χ1) is 10.2. The minimum atomic E-state index is -0.356. The molecule has 2 aromatic carbocycles. The van der Waals surface area contributed by atoms with Crippen molar-refractivity contribution < 1.29 is 9.18 Å². The number of benzene rings is 2.